The molecule has 0 amide bonds. The van der Waals surface area contributed by atoms with Gasteiger partial charge < -0.3 is 9.47 Å². The van der Waals surface area contributed by atoms with Gasteiger partial charge in [-0.15, -0.1) is 45.3 Å². The van der Waals surface area contributed by atoms with Gasteiger partial charge in [0.05, 0.1) is 44.4 Å². The van der Waals surface area contributed by atoms with Crippen LogP contribution in [-0.2, 0) is 22.3 Å². The summed E-state index contributed by atoms with van der Waals surface area (Å²) in [5, 5.41) is 6.38. The Labute approximate surface area is 222 Å². The second kappa shape index (κ2) is 12.3. The van der Waals surface area contributed by atoms with Crippen LogP contribution < -0.4 is 0 Å². The number of rotatable bonds is 7. The lowest BCUT2D eigenvalue weighted by molar-refractivity contribution is -0.0417. The second-order valence-corrected chi connectivity index (χ2v) is 12.5. The summed E-state index contributed by atoms with van der Waals surface area (Å²) in [7, 11) is 0. The molecule has 0 aromatic carbocycles. The summed E-state index contributed by atoms with van der Waals surface area (Å²) in [6.45, 7) is 9.49. The van der Waals surface area contributed by atoms with Crippen LogP contribution in [0.3, 0.4) is 0 Å². The molecule has 9 heteroatoms. The third-order valence-electron chi connectivity index (χ3n) is 5.27. The fourth-order valence-corrected chi connectivity index (χ4v) is 6.85. The van der Waals surface area contributed by atoms with E-state index in [0.717, 1.165) is 51.0 Å². The van der Waals surface area contributed by atoms with Crippen LogP contribution >= 0.6 is 45.3 Å². The van der Waals surface area contributed by atoms with Gasteiger partial charge in [0.2, 0.25) is 0 Å². The first kappa shape index (κ1) is 26.1. The fraction of sp³-hybridized carbons (Fsp3) is 0.346. The molecule has 0 aliphatic carbocycles. The minimum atomic E-state index is -0.173. The summed E-state index contributed by atoms with van der Waals surface area (Å²) in [5.41, 5.74) is 4.49. The first-order valence-corrected chi connectivity index (χ1v) is 14.7. The molecule has 5 rings (SSSR count). The van der Waals surface area contributed by atoms with Gasteiger partial charge in [-0.05, 0) is 75.9 Å². The molecule has 1 aliphatic heterocycles. The van der Waals surface area contributed by atoms with Crippen LogP contribution in [0.4, 0.5) is 0 Å². The third kappa shape index (κ3) is 7.25. The van der Waals surface area contributed by atoms with E-state index in [1.54, 1.807) is 45.3 Å². The Bertz CT molecular complexity index is 1290. The Kier molecular flexibility index (Phi) is 9.16. The number of thiazole rings is 2. The highest BCUT2D eigenvalue weighted by Gasteiger charge is 2.22. The van der Waals surface area contributed by atoms with E-state index in [0.29, 0.717) is 13.2 Å². The quantitative estimate of drug-likeness (QED) is 0.226. The highest BCUT2D eigenvalue weighted by atomic mass is 32.1. The van der Waals surface area contributed by atoms with Crippen LogP contribution in [0.25, 0.3) is 12.2 Å². The molecule has 0 N–H and O–H groups in total. The van der Waals surface area contributed by atoms with Crippen LogP contribution in [0, 0.1) is 27.7 Å². The fourth-order valence-electron chi connectivity index (χ4n) is 3.55. The molecule has 4 aromatic heterocycles. The molecule has 35 heavy (non-hydrogen) atoms. The maximum atomic E-state index is 10.7. The van der Waals surface area contributed by atoms with E-state index in [1.807, 2.05) is 20.8 Å². The summed E-state index contributed by atoms with van der Waals surface area (Å²) in [6.07, 6.45) is 6.86. The minimum Gasteiger partial charge on any atom is -0.345 e. The molecule has 1 aliphatic rings. The zero-order valence-electron chi connectivity index (χ0n) is 20.2. The van der Waals surface area contributed by atoms with E-state index < -0.39 is 0 Å². The first-order valence-electron chi connectivity index (χ1n) is 11.3. The number of ether oxygens (including phenoxy) is 2. The van der Waals surface area contributed by atoms with Crippen LogP contribution in [-0.4, -0.2) is 29.5 Å². The van der Waals surface area contributed by atoms with E-state index in [9.17, 15) is 4.79 Å². The minimum absolute atomic E-state index is 0.173. The number of aldehydes is 1. The third-order valence-corrected chi connectivity index (χ3v) is 9.33. The molecule has 5 heterocycles. The maximum Gasteiger partial charge on any atom is 0.193 e. The van der Waals surface area contributed by atoms with Crippen molar-refractivity contribution >= 4 is 63.8 Å². The number of aromatic nitrogens is 2. The lowest BCUT2D eigenvalue weighted by Crippen LogP contribution is -1.95. The van der Waals surface area contributed by atoms with Gasteiger partial charge in [0, 0.05) is 20.5 Å². The Hall–Kier alpha value is -2.01. The maximum absolute atomic E-state index is 10.7. The van der Waals surface area contributed by atoms with Crippen molar-refractivity contribution in [1.29, 1.82) is 0 Å². The molecular formula is C26H28N2O3S4. The predicted molar refractivity (Wildman–Crippen MR) is 148 cm³/mol. The summed E-state index contributed by atoms with van der Waals surface area (Å²) in [6, 6.07) is 4.27. The van der Waals surface area contributed by atoms with Gasteiger partial charge in [0.25, 0.3) is 0 Å². The van der Waals surface area contributed by atoms with Crippen molar-refractivity contribution in [3.63, 3.8) is 0 Å². The van der Waals surface area contributed by atoms with Crippen molar-refractivity contribution in [3.8, 4) is 0 Å². The lowest BCUT2D eigenvalue weighted by atomic mass is 10.2. The normalized spacial score (nSPS) is 13.9. The first-order chi connectivity index (χ1) is 16.9. The number of aryl methyl sites for hydroxylation is 6. The van der Waals surface area contributed by atoms with Crippen molar-refractivity contribution in [2.24, 2.45) is 0 Å². The van der Waals surface area contributed by atoms with Gasteiger partial charge in [-0.2, -0.15) is 0 Å². The van der Waals surface area contributed by atoms with Crippen molar-refractivity contribution in [2.75, 3.05) is 13.2 Å². The number of nitrogens with zero attached hydrogens (tertiary/aromatic N) is 2. The highest BCUT2D eigenvalue weighted by molar-refractivity contribution is 7.14. The van der Waals surface area contributed by atoms with Crippen LogP contribution in [0.1, 0.15) is 63.1 Å². The highest BCUT2D eigenvalue weighted by Crippen LogP contribution is 2.34. The van der Waals surface area contributed by atoms with Gasteiger partial charge in [-0.1, -0.05) is 0 Å². The number of hydrogen-bond acceptors (Lipinski definition) is 9. The second-order valence-electron chi connectivity index (χ2n) is 8.13. The summed E-state index contributed by atoms with van der Waals surface area (Å²) in [4.78, 5) is 24.1. The van der Waals surface area contributed by atoms with Crippen molar-refractivity contribution < 1.29 is 14.3 Å². The summed E-state index contributed by atoms with van der Waals surface area (Å²) < 4.78 is 11.1. The molecule has 0 spiro atoms. The lowest BCUT2D eigenvalue weighted by Gasteiger charge is -2.06. The largest absolute Gasteiger partial charge is 0.345 e. The van der Waals surface area contributed by atoms with E-state index in [2.05, 4.69) is 51.9 Å². The number of carbonyl (C=O) groups is 1. The zero-order valence-corrected chi connectivity index (χ0v) is 23.5. The van der Waals surface area contributed by atoms with Crippen LogP contribution in [0.15, 0.2) is 22.9 Å². The van der Waals surface area contributed by atoms with Crippen LogP contribution in [0.2, 0.25) is 0 Å². The topological polar surface area (TPSA) is 61.3 Å². The van der Waals surface area contributed by atoms with E-state index in [4.69, 9.17) is 9.47 Å². The van der Waals surface area contributed by atoms with Crippen LogP contribution in [0.5, 0.6) is 0 Å². The molecule has 0 unspecified atom stereocenters. The molecule has 0 atom stereocenters. The van der Waals surface area contributed by atoms with Gasteiger partial charge in [0.1, 0.15) is 0 Å². The molecule has 1 saturated heterocycles. The Morgan fingerprint density at radius 2 is 1.66 bits per heavy atom. The zero-order chi connectivity index (χ0) is 24.8. The number of carbonyl (C=O) groups excluding carboxylic acids is 1. The predicted octanol–water partition coefficient (Wildman–Crippen LogP) is 7.46. The number of thiophene rings is 2. The van der Waals surface area contributed by atoms with Gasteiger partial charge in [-0.25, -0.2) is 9.97 Å². The monoisotopic (exact) mass is 544 g/mol. The standard InChI is InChI=1S/C14H15NO2S2.C12H13NOS2/c1-9-7-12(4-3-11-8-18-10(2)15-11)19-13(9)14-16-5-6-17-14;1-8-5-11(16-12(8)6-14)4-3-10-7-15-9(2)13-10/h3-4,7-8,14H,5-6H2,1-2H3;5-7H,3-4H2,1-2H3. The van der Waals surface area contributed by atoms with Crippen molar-refractivity contribution in [2.45, 2.75) is 46.8 Å². The average Bonchev–Trinajstić information content (AvgIpc) is 3.64. The van der Waals surface area contributed by atoms with E-state index in [-0.39, 0.29) is 6.29 Å². The molecule has 0 saturated carbocycles. The Balaban J connectivity index is 0.000000168. The molecule has 5 nitrogen and oxygen atoms in total. The van der Waals surface area contributed by atoms with Crippen molar-refractivity contribution in [1.82, 2.24) is 9.97 Å². The molecule has 4 aromatic rings. The SMILES string of the molecule is Cc1nc(C=Cc2cc(C)c(C3OCCO3)s2)cs1.Cc1nc(CCc2cc(C)c(C=O)s2)cs1. The summed E-state index contributed by atoms with van der Waals surface area (Å²) >= 11 is 6.67. The Morgan fingerprint density at radius 3 is 2.29 bits per heavy atom. The molecule has 1 fully saturated rings. The number of hydrogen-bond donors (Lipinski definition) is 0. The molecular weight excluding hydrogens is 517 g/mol. The van der Waals surface area contributed by atoms with Crippen molar-refractivity contribution in [3.05, 3.63) is 74.9 Å². The smallest absolute Gasteiger partial charge is 0.193 e. The van der Waals surface area contributed by atoms with Gasteiger partial charge >= 0.3 is 0 Å². The summed E-state index contributed by atoms with van der Waals surface area (Å²) in [5.74, 6) is 0. The molecule has 0 bridgehead atoms. The Morgan fingerprint density at radius 1 is 0.914 bits per heavy atom. The van der Waals surface area contributed by atoms with Gasteiger partial charge in [-0.3, -0.25) is 4.79 Å². The van der Waals surface area contributed by atoms with Gasteiger partial charge in [0.15, 0.2) is 12.6 Å². The van der Waals surface area contributed by atoms with E-state index in [1.165, 1.54) is 20.2 Å². The molecule has 184 valence electrons. The average molecular weight is 545 g/mol. The molecule has 0 radical (unpaired) electrons. The van der Waals surface area contributed by atoms with E-state index >= 15 is 0 Å².